The molecule has 1 aliphatic heterocycles. The predicted octanol–water partition coefficient (Wildman–Crippen LogP) is 2.49. The quantitative estimate of drug-likeness (QED) is 0.486. The van der Waals surface area contributed by atoms with Crippen molar-refractivity contribution in [3.8, 4) is 6.07 Å². The largest absolute Gasteiger partial charge is 0.353 e. The molecule has 0 radical (unpaired) electrons. The number of aromatic amines is 1. The third-order valence-electron chi connectivity index (χ3n) is 7.63. The summed E-state index contributed by atoms with van der Waals surface area (Å²) in [6.07, 6.45) is 7.98. The van der Waals surface area contributed by atoms with E-state index in [0.717, 1.165) is 50.5 Å². The molecule has 0 spiro atoms. The number of thioether (sulfide) groups is 1. The number of benzene rings is 1. The van der Waals surface area contributed by atoms with Crippen LogP contribution >= 0.6 is 11.8 Å². The van der Waals surface area contributed by atoms with E-state index in [1.54, 1.807) is 28.5 Å². The Kier molecular flexibility index (Phi) is 7.16. The average Bonchev–Trinajstić information content (AvgIpc) is 3.19. The van der Waals surface area contributed by atoms with E-state index in [1.807, 2.05) is 6.07 Å². The summed E-state index contributed by atoms with van der Waals surface area (Å²) in [4.78, 5) is 40.3. The smallest absolute Gasteiger partial charge is 0.326 e. The van der Waals surface area contributed by atoms with Gasteiger partial charge in [0.05, 0.1) is 28.6 Å². The number of imidazole rings is 1. The molecule has 1 aromatic carbocycles. The number of hydrogen-bond acceptors (Lipinski definition) is 6. The maximum atomic E-state index is 12.6. The van der Waals surface area contributed by atoms with Crippen LogP contribution in [0.5, 0.6) is 0 Å². The molecule has 2 heterocycles. The molecule has 2 saturated carbocycles. The highest BCUT2D eigenvalue weighted by Gasteiger charge is 2.37. The molecule has 0 bridgehead atoms. The lowest BCUT2D eigenvalue weighted by atomic mass is 9.83. The topological polar surface area (TPSA) is 132 Å². The van der Waals surface area contributed by atoms with Gasteiger partial charge in [-0.1, -0.05) is 12.8 Å². The molecule has 1 aromatic heterocycles. The molecule has 9 nitrogen and oxygen atoms in total. The SMILES string of the molecule is N#Cc1ccc2c(c1)[nH]c(=O)n2C1CCC(NC(=O)CCSC2NC(=O)C3CCCCC3N2)CC1. The third kappa shape index (κ3) is 5.26. The lowest BCUT2D eigenvalue weighted by Crippen LogP contribution is -2.60. The average molecular weight is 497 g/mol. The normalized spacial score (nSPS) is 28.7. The molecule has 10 heteroatoms. The van der Waals surface area contributed by atoms with Gasteiger partial charge in [0.15, 0.2) is 0 Å². The number of nitriles is 1. The van der Waals surface area contributed by atoms with Crippen LogP contribution in [0.1, 0.15) is 69.4 Å². The minimum absolute atomic E-state index is 0.0342. The maximum Gasteiger partial charge on any atom is 0.326 e. The van der Waals surface area contributed by atoms with E-state index in [4.69, 9.17) is 5.26 Å². The molecule has 3 aliphatic rings. The molecule has 186 valence electrons. The molecule has 1 saturated heterocycles. The van der Waals surface area contributed by atoms with Crippen LogP contribution in [0.3, 0.4) is 0 Å². The Hall–Kier alpha value is -2.77. The number of hydrogen-bond donors (Lipinski definition) is 4. The number of amides is 2. The molecule has 35 heavy (non-hydrogen) atoms. The number of H-pyrrole nitrogens is 1. The van der Waals surface area contributed by atoms with Crippen LogP contribution in [0.15, 0.2) is 23.0 Å². The first-order valence-electron chi connectivity index (χ1n) is 12.6. The molecular formula is C25H32N6O3S. The van der Waals surface area contributed by atoms with E-state index in [1.165, 1.54) is 6.42 Å². The van der Waals surface area contributed by atoms with Crippen LogP contribution in [-0.4, -0.2) is 44.7 Å². The Morgan fingerprint density at radius 1 is 1.14 bits per heavy atom. The molecule has 2 aliphatic carbocycles. The fourth-order valence-electron chi connectivity index (χ4n) is 5.82. The van der Waals surface area contributed by atoms with Crippen LogP contribution in [0.25, 0.3) is 11.0 Å². The minimum Gasteiger partial charge on any atom is -0.353 e. The Bertz CT molecular complexity index is 1190. The molecule has 3 atom stereocenters. The standard InChI is InChI=1S/C25H32N6O3S/c26-14-15-5-10-21-20(13-15)29-25(34)31(21)17-8-6-16(7-9-17)27-22(32)11-12-35-24-28-19-4-2-1-3-18(19)23(33)30-24/h5,10,13,16-19,24,28H,1-4,6-9,11-12H2,(H,27,32)(H,29,34)(H,30,33). The van der Waals surface area contributed by atoms with Crippen molar-refractivity contribution in [1.29, 1.82) is 5.26 Å². The lowest BCUT2D eigenvalue weighted by molar-refractivity contribution is -0.129. The summed E-state index contributed by atoms with van der Waals surface area (Å²) in [5, 5.41) is 18.8. The van der Waals surface area contributed by atoms with Crippen LogP contribution in [0.4, 0.5) is 0 Å². The first kappa shape index (κ1) is 23.9. The lowest BCUT2D eigenvalue weighted by Gasteiger charge is -2.39. The van der Waals surface area contributed by atoms with Gasteiger partial charge in [0.1, 0.15) is 5.50 Å². The molecule has 4 N–H and O–H groups in total. The van der Waals surface area contributed by atoms with E-state index < -0.39 is 0 Å². The second kappa shape index (κ2) is 10.5. The molecule has 2 amide bonds. The second-order valence-corrected chi connectivity index (χ2v) is 11.1. The van der Waals surface area contributed by atoms with E-state index in [0.29, 0.717) is 23.3 Å². The van der Waals surface area contributed by atoms with Crippen molar-refractivity contribution in [2.75, 3.05) is 5.75 Å². The molecular weight excluding hydrogens is 464 g/mol. The zero-order valence-corrected chi connectivity index (χ0v) is 20.5. The fraction of sp³-hybridized carbons (Fsp3) is 0.600. The van der Waals surface area contributed by atoms with Crippen LogP contribution in [0, 0.1) is 17.2 Å². The zero-order chi connectivity index (χ0) is 24.4. The summed E-state index contributed by atoms with van der Waals surface area (Å²) in [6, 6.07) is 7.83. The highest BCUT2D eigenvalue weighted by Crippen LogP contribution is 2.31. The van der Waals surface area contributed by atoms with Crippen molar-refractivity contribution in [3.05, 3.63) is 34.2 Å². The van der Waals surface area contributed by atoms with Gasteiger partial charge >= 0.3 is 5.69 Å². The van der Waals surface area contributed by atoms with Crippen molar-refractivity contribution in [3.63, 3.8) is 0 Å². The van der Waals surface area contributed by atoms with Crippen LogP contribution < -0.4 is 21.6 Å². The summed E-state index contributed by atoms with van der Waals surface area (Å²) in [6.45, 7) is 0. The number of nitrogens with zero attached hydrogens (tertiary/aromatic N) is 2. The van der Waals surface area contributed by atoms with Gasteiger partial charge < -0.3 is 15.6 Å². The second-order valence-electron chi connectivity index (χ2n) is 9.89. The maximum absolute atomic E-state index is 12.6. The van der Waals surface area contributed by atoms with Gasteiger partial charge in [0.25, 0.3) is 0 Å². The third-order valence-corrected chi connectivity index (χ3v) is 8.65. The number of carbonyl (C=O) groups is 2. The number of carbonyl (C=O) groups excluding carboxylic acids is 2. The van der Waals surface area contributed by atoms with Gasteiger partial charge in [-0.3, -0.25) is 19.5 Å². The Balaban J connectivity index is 1.07. The zero-order valence-electron chi connectivity index (χ0n) is 19.7. The first-order chi connectivity index (χ1) is 17.0. The highest BCUT2D eigenvalue weighted by molar-refractivity contribution is 7.99. The summed E-state index contributed by atoms with van der Waals surface area (Å²) >= 11 is 1.59. The van der Waals surface area contributed by atoms with Gasteiger partial charge in [-0.05, 0) is 56.7 Å². The van der Waals surface area contributed by atoms with Crippen molar-refractivity contribution in [1.82, 2.24) is 25.5 Å². The van der Waals surface area contributed by atoms with Crippen molar-refractivity contribution in [2.45, 2.75) is 81.4 Å². The number of aromatic nitrogens is 2. The van der Waals surface area contributed by atoms with E-state index in [2.05, 4.69) is 27.0 Å². The molecule has 3 unspecified atom stereocenters. The van der Waals surface area contributed by atoms with E-state index >= 15 is 0 Å². The van der Waals surface area contributed by atoms with E-state index in [-0.39, 0.29) is 47.0 Å². The van der Waals surface area contributed by atoms with Gasteiger partial charge in [-0.15, -0.1) is 11.8 Å². The molecule has 5 rings (SSSR count). The van der Waals surface area contributed by atoms with Gasteiger partial charge in [-0.25, -0.2) is 4.79 Å². The highest BCUT2D eigenvalue weighted by atomic mass is 32.2. The van der Waals surface area contributed by atoms with Crippen molar-refractivity contribution < 1.29 is 9.59 Å². The summed E-state index contributed by atoms with van der Waals surface area (Å²) in [5.41, 5.74) is 1.76. The minimum atomic E-state index is -0.150. The van der Waals surface area contributed by atoms with Gasteiger partial charge in [-0.2, -0.15) is 5.26 Å². The van der Waals surface area contributed by atoms with Crippen LogP contribution in [0.2, 0.25) is 0 Å². The monoisotopic (exact) mass is 496 g/mol. The van der Waals surface area contributed by atoms with Crippen molar-refractivity contribution in [2.24, 2.45) is 5.92 Å². The predicted molar refractivity (Wildman–Crippen MR) is 135 cm³/mol. The number of nitrogens with one attached hydrogen (secondary N) is 4. The summed E-state index contributed by atoms with van der Waals surface area (Å²) in [5.74, 6) is 0.916. The van der Waals surface area contributed by atoms with Crippen molar-refractivity contribution >= 4 is 34.6 Å². The number of fused-ring (bicyclic) bond motifs is 2. The van der Waals surface area contributed by atoms with Gasteiger partial charge in [0.2, 0.25) is 11.8 Å². The Morgan fingerprint density at radius 3 is 2.74 bits per heavy atom. The molecule has 3 fully saturated rings. The Labute approximate surface area is 208 Å². The number of rotatable bonds is 6. The Morgan fingerprint density at radius 2 is 1.94 bits per heavy atom. The first-order valence-corrected chi connectivity index (χ1v) is 13.7. The van der Waals surface area contributed by atoms with E-state index in [9.17, 15) is 14.4 Å². The summed E-state index contributed by atoms with van der Waals surface area (Å²) < 4.78 is 1.80. The van der Waals surface area contributed by atoms with Gasteiger partial charge in [0, 0.05) is 30.3 Å². The molecule has 2 aromatic rings. The fourth-order valence-corrected chi connectivity index (χ4v) is 6.83. The van der Waals surface area contributed by atoms with Crippen LogP contribution in [-0.2, 0) is 9.59 Å². The summed E-state index contributed by atoms with van der Waals surface area (Å²) in [7, 11) is 0.